The van der Waals surface area contributed by atoms with Crippen LogP contribution in [0.5, 0.6) is 0 Å². The Kier molecular flexibility index (Phi) is 6.25. The van der Waals surface area contributed by atoms with Crippen LogP contribution < -0.4 is 16.0 Å². The van der Waals surface area contributed by atoms with Crippen molar-refractivity contribution in [3.05, 3.63) is 23.5 Å². The summed E-state index contributed by atoms with van der Waals surface area (Å²) >= 11 is 0. The van der Waals surface area contributed by atoms with Crippen LogP contribution in [0.1, 0.15) is 75.9 Å². The molecule has 11 heteroatoms. The second-order valence-corrected chi connectivity index (χ2v) is 11.0. The third-order valence-corrected chi connectivity index (χ3v) is 7.45. The van der Waals surface area contributed by atoms with Crippen molar-refractivity contribution in [1.29, 1.82) is 0 Å². The molecule has 4 aliphatic rings. The number of aromatic nitrogens is 2. The average Bonchev–Trinajstić information content (AvgIpc) is 3.11. The van der Waals surface area contributed by atoms with Crippen molar-refractivity contribution in [2.45, 2.75) is 83.1 Å². The topological polar surface area (TPSA) is 105 Å². The molecule has 3 N–H and O–H groups in total. The van der Waals surface area contributed by atoms with Crippen LogP contribution in [-0.4, -0.2) is 44.6 Å². The maximum atomic E-state index is 14.0. The van der Waals surface area contributed by atoms with Gasteiger partial charge in [-0.3, -0.25) is 14.4 Å². The average molecular weight is 496 g/mol. The summed E-state index contributed by atoms with van der Waals surface area (Å²) < 4.78 is 42.6. The number of nitrogens with one attached hydrogen (secondary N) is 3. The maximum absolute atomic E-state index is 14.0. The van der Waals surface area contributed by atoms with E-state index in [1.54, 1.807) is 13.8 Å². The summed E-state index contributed by atoms with van der Waals surface area (Å²) in [6.45, 7) is 6.08. The molecule has 4 fully saturated rings. The van der Waals surface area contributed by atoms with Gasteiger partial charge in [0.2, 0.25) is 11.8 Å². The highest BCUT2D eigenvalue weighted by molar-refractivity contribution is 5.95. The lowest BCUT2D eigenvalue weighted by molar-refractivity contribution is -0.142. The molecule has 8 nitrogen and oxygen atoms in total. The van der Waals surface area contributed by atoms with Gasteiger partial charge in [0.05, 0.1) is 17.3 Å². The van der Waals surface area contributed by atoms with Crippen LogP contribution in [0.25, 0.3) is 6.20 Å². The Hall–Kier alpha value is -2.85. The molecule has 0 aromatic carbocycles. The number of rotatable bonds is 6. The lowest BCUT2D eigenvalue weighted by Crippen LogP contribution is -2.66. The van der Waals surface area contributed by atoms with Crippen molar-refractivity contribution in [3.63, 3.8) is 0 Å². The third kappa shape index (κ3) is 5.23. The normalized spacial score (nSPS) is 29.9. The molecule has 3 amide bonds. The third-order valence-electron chi connectivity index (χ3n) is 7.45. The molecule has 1 heterocycles. The number of carbonyl (C=O) groups excluding carboxylic acids is 3. The molecule has 2 unspecified atom stereocenters. The summed E-state index contributed by atoms with van der Waals surface area (Å²) in [7, 11) is 0. The minimum atomic E-state index is -4.81. The van der Waals surface area contributed by atoms with Crippen LogP contribution >= 0.6 is 0 Å². The second-order valence-electron chi connectivity index (χ2n) is 11.0. The first-order valence-corrected chi connectivity index (χ1v) is 11.9. The van der Waals surface area contributed by atoms with Crippen molar-refractivity contribution >= 4 is 23.9 Å². The van der Waals surface area contributed by atoms with Gasteiger partial charge in [0.1, 0.15) is 0 Å². The van der Waals surface area contributed by atoms with Gasteiger partial charge in [-0.05, 0) is 69.8 Å². The highest BCUT2D eigenvalue weighted by Crippen LogP contribution is 2.55. The highest BCUT2D eigenvalue weighted by Gasteiger charge is 2.56. The largest absolute Gasteiger partial charge is 0.434 e. The van der Waals surface area contributed by atoms with Crippen LogP contribution in [0.2, 0.25) is 0 Å². The van der Waals surface area contributed by atoms with E-state index in [2.05, 4.69) is 21.0 Å². The van der Waals surface area contributed by atoms with E-state index < -0.39 is 28.9 Å². The van der Waals surface area contributed by atoms with Crippen LogP contribution in [0.4, 0.5) is 13.2 Å². The molecule has 5 rings (SSSR count). The smallest absolute Gasteiger partial charge is 0.351 e. The summed E-state index contributed by atoms with van der Waals surface area (Å²) in [5.74, 6) is -0.529. The van der Waals surface area contributed by atoms with Gasteiger partial charge in [0.15, 0.2) is 5.69 Å². The first-order valence-electron chi connectivity index (χ1n) is 11.9. The molecule has 0 saturated heterocycles. The van der Waals surface area contributed by atoms with Crippen LogP contribution in [0, 0.1) is 17.8 Å². The molecule has 4 bridgehead atoms. The van der Waals surface area contributed by atoms with Gasteiger partial charge in [-0.1, -0.05) is 0 Å². The zero-order valence-electron chi connectivity index (χ0n) is 20.3. The Bertz CT molecular complexity index is 1050. The first kappa shape index (κ1) is 25.2. The number of hydrogen-bond donors (Lipinski definition) is 3. The van der Waals surface area contributed by atoms with Crippen molar-refractivity contribution < 1.29 is 27.6 Å². The lowest BCUT2D eigenvalue weighted by atomic mass is 9.51. The van der Waals surface area contributed by atoms with Crippen LogP contribution in [0.3, 0.4) is 0 Å². The molecule has 0 spiro atoms. The van der Waals surface area contributed by atoms with E-state index >= 15 is 0 Å². The Morgan fingerprint density at radius 2 is 1.71 bits per heavy atom. The Morgan fingerprint density at radius 1 is 1.09 bits per heavy atom. The van der Waals surface area contributed by atoms with E-state index in [1.807, 2.05) is 0 Å². The fourth-order valence-electron chi connectivity index (χ4n) is 6.69. The zero-order valence-corrected chi connectivity index (χ0v) is 20.3. The van der Waals surface area contributed by atoms with Crippen molar-refractivity contribution in [1.82, 2.24) is 25.7 Å². The maximum Gasteiger partial charge on any atom is 0.434 e. The SMILES string of the molecule is CC(=O)NC(C)(C)/C=C/n1ncc(C(=O)NC2C3CC4CC2CC(NC(C)=O)(C4)C3)c1C(F)(F)F. The first-order chi connectivity index (χ1) is 16.2. The molecular formula is C24H32F3N5O3. The predicted molar refractivity (Wildman–Crippen MR) is 122 cm³/mol. The molecule has 1 aromatic heterocycles. The molecule has 4 saturated carbocycles. The number of nitrogens with zero attached hydrogens (tertiary/aromatic N) is 2. The molecule has 0 aliphatic heterocycles. The van der Waals surface area contributed by atoms with Crippen molar-refractivity contribution in [2.24, 2.45) is 17.8 Å². The quantitative estimate of drug-likeness (QED) is 0.564. The summed E-state index contributed by atoms with van der Waals surface area (Å²) in [6, 6.07) is -0.236. The zero-order chi connectivity index (χ0) is 25.8. The van der Waals surface area contributed by atoms with Gasteiger partial charge in [0.25, 0.3) is 5.91 Å². The molecule has 35 heavy (non-hydrogen) atoms. The van der Waals surface area contributed by atoms with Crippen LogP contribution in [-0.2, 0) is 15.8 Å². The summed E-state index contributed by atoms with van der Waals surface area (Å²) in [5, 5.41) is 12.4. The molecule has 192 valence electrons. The number of alkyl halides is 3. The van der Waals surface area contributed by atoms with E-state index in [0.29, 0.717) is 10.6 Å². The predicted octanol–water partition coefficient (Wildman–Crippen LogP) is 3.10. The number of hydrogen-bond acceptors (Lipinski definition) is 4. The summed E-state index contributed by atoms with van der Waals surface area (Å²) in [6.07, 6.45) is 2.77. The van der Waals surface area contributed by atoms with Crippen molar-refractivity contribution in [2.75, 3.05) is 0 Å². The minimum absolute atomic E-state index is 0.0792. The van der Waals surface area contributed by atoms with E-state index in [-0.39, 0.29) is 35.2 Å². The van der Waals surface area contributed by atoms with Gasteiger partial charge in [-0.25, -0.2) is 4.68 Å². The summed E-state index contributed by atoms with van der Waals surface area (Å²) in [5.41, 5.74) is -2.88. The van der Waals surface area contributed by atoms with Gasteiger partial charge >= 0.3 is 6.18 Å². The van der Waals surface area contributed by atoms with E-state index in [9.17, 15) is 27.6 Å². The van der Waals surface area contributed by atoms with Gasteiger partial charge in [-0.15, -0.1) is 0 Å². The number of carbonyl (C=O) groups is 3. The van der Waals surface area contributed by atoms with Gasteiger partial charge in [-0.2, -0.15) is 18.3 Å². The molecule has 4 aliphatic carbocycles. The van der Waals surface area contributed by atoms with E-state index in [0.717, 1.165) is 44.5 Å². The molecule has 1 aromatic rings. The van der Waals surface area contributed by atoms with E-state index in [1.165, 1.54) is 19.9 Å². The highest BCUT2D eigenvalue weighted by atomic mass is 19.4. The molecule has 2 atom stereocenters. The fraction of sp³-hybridized carbons (Fsp3) is 0.667. The van der Waals surface area contributed by atoms with E-state index in [4.69, 9.17) is 0 Å². The fourth-order valence-corrected chi connectivity index (χ4v) is 6.69. The van der Waals surface area contributed by atoms with Crippen molar-refractivity contribution in [3.8, 4) is 0 Å². The summed E-state index contributed by atoms with van der Waals surface area (Å²) in [4.78, 5) is 36.2. The number of amides is 3. The lowest BCUT2D eigenvalue weighted by Gasteiger charge is -2.60. The Labute approximate surface area is 202 Å². The van der Waals surface area contributed by atoms with Gasteiger partial charge in [0, 0.05) is 31.6 Å². The number of halogens is 3. The minimum Gasteiger partial charge on any atom is -0.351 e. The van der Waals surface area contributed by atoms with Gasteiger partial charge < -0.3 is 16.0 Å². The molecule has 0 radical (unpaired) electrons. The second kappa shape index (κ2) is 8.67. The Morgan fingerprint density at radius 3 is 2.26 bits per heavy atom. The van der Waals surface area contributed by atoms with Crippen LogP contribution in [0.15, 0.2) is 12.3 Å². The standard InChI is InChI=1S/C24H32F3N5O3/c1-13(33)30-22(3,4)5-6-32-20(24(25,26)27)18(12-28-32)21(35)29-19-16-7-15-8-17(19)11-23(9-15,10-16)31-14(2)34/h5-6,12,15-17,19H,7-11H2,1-4H3,(H,29,35)(H,30,33)(H,31,34)/b6-5+. The monoisotopic (exact) mass is 495 g/mol. The molecular weight excluding hydrogens is 463 g/mol. The Balaban J connectivity index is 1.55.